The molecule has 3 rings (SSSR count). The van der Waals surface area contributed by atoms with Crippen LogP contribution in [0.15, 0.2) is 33.7 Å². The second-order valence-corrected chi connectivity index (χ2v) is 6.43. The molecule has 110 valence electrons. The Labute approximate surface area is 128 Å². The first-order valence-corrected chi connectivity index (χ1v) is 8.23. The largest absolute Gasteiger partial charge is 0.339 e. The minimum absolute atomic E-state index is 0.257. The van der Waals surface area contributed by atoms with E-state index in [9.17, 15) is 4.79 Å². The summed E-state index contributed by atoms with van der Waals surface area (Å²) in [5.74, 6) is 2.74. The maximum Gasteiger partial charge on any atom is 0.229 e. The third-order valence-electron chi connectivity index (χ3n) is 3.83. The smallest absolute Gasteiger partial charge is 0.229 e. The van der Waals surface area contributed by atoms with Crippen LogP contribution >= 0.6 is 11.8 Å². The van der Waals surface area contributed by atoms with Crippen LogP contribution in [0.5, 0.6) is 0 Å². The Balaban J connectivity index is 1.60. The molecule has 1 aliphatic rings. The summed E-state index contributed by atoms with van der Waals surface area (Å²) < 4.78 is 5.37. The number of thioether (sulfide) groups is 1. The Morgan fingerprint density at radius 3 is 2.81 bits per heavy atom. The molecule has 0 unspecified atom stereocenters. The number of hydrogen-bond donors (Lipinski definition) is 0. The predicted octanol–water partition coefficient (Wildman–Crippen LogP) is 3.90. The fourth-order valence-electron chi connectivity index (χ4n) is 2.54. The molecular weight excluding hydrogens is 284 g/mol. The van der Waals surface area contributed by atoms with Gasteiger partial charge in [0, 0.05) is 23.7 Å². The van der Waals surface area contributed by atoms with Crippen LogP contribution in [0.4, 0.5) is 0 Å². The zero-order chi connectivity index (χ0) is 14.7. The van der Waals surface area contributed by atoms with Crippen LogP contribution < -0.4 is 0 Å². The third kappa shape index (κ3) is 3.53. The maximum absolute atomic E-state index is 11.3. The minimum Gasteiger partial charge on any atom is -0.339 e. The Kier molecular flexibility index (Phi) is 4.39. The van der Waals surface area contributed by atoms with Crippen LogP contribution in [0, 0.1) is 6.92 Å². The van der Waals surface area contributed by atoms with E-state index in [1.165, 1.54) is 10.5 Å². The molecule has 1 aromatic heterocycles. The van der Waals surface area contributed by atoms with Crippen molar-refractivity contribution in [3.63, 3.8) is 0 Å². The van der Waals surface area contributed by atoms with E-state index < -0.39 is 0 Å². The zero-order valence-electron chi connectivity index (χ0n) is 12.0. The van der Waals surface area contributed by atoms with Crippen molar-refractivity contribution in [2.24, 2.45) is 0 Å². The summed E-state index contributed by atoms with van der Waals surface area (Å²) in [6.45, 7) is 2.10. The number of Topliss-reactive ketones (excluding diaryl/α,β-unsaturated/α-hetero) is 1. The normalized spacial score (nSPS) is 16.3. The monoisotopic (exact) mass is 302 g/mol. The molecule has 1 saturated carbocycles. The first-order valence-electron chi connectivity index (χ1n) is 7.25. The molecule has 21 heavy (non-hydrogen) atoms. The fraction of sp³-hybridized carbons (Fsp3) is 0.438. The molecule has 0 atom stereocenters. The third-order valence-corrected chi connectivity index (χ3v) is 5.00. The van der Waals surface area contributed by atoms with E-state index in [1.54, 1.807) is 11.8 Å². The van der Waals surface area contributed by atoms with Gasteiger partial charge in [0.2, 0.25) is 5.89 Å². The Bertz CT molecular complexity index is 629. The summed E-state index contributed by atoms with van der Waals surface area (Å²) in [6.07, 6.45) is 2.96. The van der Waals surface area contributed by atoms with Gasteiger partial charge in [0.25, 0.3) is 0 Å². The average Bonchev–Trinajstić information content (AvgIpc) is 2.96. The molecule has 1 aromatic carbocycles. The molecule has 0 amide bonds. The van der Waals surface area contributed by atoms with E-state index >= 15 is 0 Å². The standard InChI is InChI=1S/C16H18N2O2S/c1-11-4-2-3-5-14(11)21-10-15-17-16(20-18-15)12-6-8-13(19)9-7-12/h2-5,12H,6-10H2,1H3. The molecule has 0 radical (unpaired) electrons. The summed E-state index contributed by atoms with van der Waals surface area (Å²) in [4.78, 5) is 17.0. The lowest BCUT2D eigenvalue weighted by Crippen LogP contribution is -2.12. The van der Waals surface area contributed by atoms with Gasteiger partial charge >= 0.3 is 0 Å². The van der Waals surface area contributed by atoms with Crippen molar-refractivity contribution in [1.29, 1.82) is 0 Å². The molecule has 0 spiro atoms. The molecule has 0 bridgehead atoms. The molecule has 0 saturated heterocycles. The minimum atomic E-state index is 0.257. The number of rotatable bonds is 4. The van der Waals surface area contributed by atoms with Gasteiger partial charge < -0.3 is 4.52 Å². The van der Waals surface area contributed by atoms with Gasteiger partial charge in [0.05, 0.1) is 5.75 Å². The second kappa shape index (κ2) is 6.43. The van der Waals surface area contributed by atoms with Crippen molar-refractivity contribution >= 4 is 17.5 Å². The van der Waals surface area contributed by atoms with Crippen LogP contribution in [-0.4, -0.2) is 15.9 Å². The number of hydrogen-bond acceptors (Lipinski definition) is 5. The SMILES string of the molecule is Cc1ccccc1SCc1noc(C2CCC(=O)CC2)n1. The molecule has 1 aliphatic carbocycles. The fourth-order valence-corrected chi connectivity index (χ4v) is 3.41. The predicted molar refractivity (Wildman–Crippen MR) is 81.3 cm³/mol. The molecule has 5 heteroatoms. The van der Waals surface area contributed by atoms with Crippen LogP contribution in [-0.2, 0) is 10.5 Å². The van der Waals surface area contributed by atoms with Gasteiger partial charge in [-0.3, -0.25) is 4.79 Å². The second-order valence-electron chi connectivity index (χ2n) is 5.42. The molecule has 0 N–H and O–H groups in total. The van der Waals surface area contributed by atoms with Crippen molar-refractivity contribution in [1.82, 2.24) is 10.1 Å². The van der Waals surface area contributed by atoms with E-state index in [0.717, 1.165) is 18.7 Å². The highest BCUT2D eigenvalue weighted by molar-refractivity contribution is 7.98. The molecular formula is C16H18N2O2S. The Morgan fingerprint density at radius 2 is 2.05 bits per heavy atom. The summed E-state index contributed by atoms with van der Waals surface area (Å²) in [6, 6.07) is 8.28. The van der Waals surface area contributed by atoms with E-state index in [0.29, 0.717) is 30.3 Å². The molecule has 2 aromatic rings. The van der Waals surface area contributed by atoms with Gasteiger partial charge in [-0.15, -0.1) is 11.8 Å². The molecule has 4 nitrogen and oxygen atoms in total. The molecule has 1 heterocycles. The van der Waals surface area contributed by atoms with Gasteiger partial charge in [-0.1, -0.05) is 23.4 Å². The Morgan fingerprint density at radius 1 is 1.29 bits per heavy atom. The van der Waals surface area contributed by atoms with Crippen molar-refractivity contribution < 1.29 is 9.32 Å². The summed E-state index contributed by atoms with van der Waals surface area (Å²) >= 11 is 1.72. The highest BCUT2D eigenvalue weighted by atomic mass is 32.2. The lowest BCUT2D eigenvalue weighted by molar-refractivity contribution is -0.120. The van der Waals surface area contributed by atoms with Crippen molar-refractivity contribution in [3.8, 4) is 0 Å². The maximum atomic E-state index is 11.3. The Hall–Kier alpha value is -1.62. The average molecular weight is 302 g/mol. The van der Waals surface area contributed by atoms with E-state index in [-0.39, 0.29) is 5.92 Å². The van der Waals surface area contributed by atoms with Gasteiger partial charge in [-0.25, -0.2) is 0 Å². The van der Waals surface area contributed by atoms with Crippen LogP contribution in [0.3, 0.4) is 0 Å². The van der Waals surface area contributed by atoms with Crippen molar-refractivity contribution in [3.05, 3.63) is 41.5 Å². The van der Waals surface area contributed by atoms with Crippen LogP contribution in [0.1, 0.15) is 48.9 Å². The zero-order valence-corrected chi connectivity index (χ0v) is 12.9. The molecule has 1 fully saturated rings. The number of benzene rings is 1. The van der Waals surface area contributed by atoms with Gasteiger partial charge in [0.1, 0.15) is 5.78 Å². The number of aryl methyl sites for hydroxylation is 1. The van der Waals surface area contributed by atoms with E-state index in [4.69, 9.17) is 4.52 Å². The lowest BCUT2D eigenvalue weighted by atomic mass is 9.88. The number of ketones is 1. The van der Waals surface area contributed by atoms with Crippen LogP contribution in [0.25, 0.3) is 0 Å². The number of carbonyl (C=O) groups is 1. The number of carbonyl (C=O) groups excluding carboxylic acids is 1. The van der Waals surface area contributed by atoms with Crippen molar-refractivity contribution in [2.75, 3.05) is 0 Å². The van der Waals surface area contributed by atoms with Gasteiger partial charge in [-0.2, -0.15) is 4.98 Å². The highest BCUT2D eigenvalue weighted by Gasteiger charge is 2.24. The van der Waals surface area contributed by atoms with Gasteiger partial charge in [-0.05, 0) is 31.4 Å². The summed E-state index contributed by atoms with van der Waals surface area (Å²) in [7, 11) is 0. The lowest BCUT2D eigenvalue weighted by Gasteiger charge is -2.16. The number of aromatic nitrogens is 2. The van der Waals surface area contributed by atoms with Gasteiger partial charge in [0.15, 0.2) is 5.82 Å². The highest BCUT2D eigenvalue weighted by Crippen LogP contribution is 2.31. The first-order chi connectivity index (χ1) is 10.2. The summed E-state index contributed by atoms with van der Waals surface area (Å²) in [5, 5.41) is 4.06. The summed E-state index contributed by atoms with van der Waals surface area (Å²) in [5.41, 5.74) is 1.26. The molecule has 0 aliphatic heterocycles. The number of nitrogens with zero attached hydrogens (tertiary/aromatic N) is 2. The topological polar surface area (TPSA) is 56.0 Å². The van der Waals surface area contributed by atoms with Crippen LogP contribution in [0.2, 0.25) is 0 Å². The van der Waals surface area contributed by atoms with Crippen molar-refractivity contribution in [2.45, 2.75) is 49.2 Å². The van der Waals surface area contributed by atoms with E-state index in [2.05, 4.69) is 29.2 Å². The first kappa shape index (κ1) is 14.3. The van der Waals surface area contributed by atoms with E-state index in [1.807, 2.05) is 12.1 Å². The quantitative estimate of drug-likeness (QED) is 0.802.